The first-order chi connectivity index (χ1) is 70.2. The maximum atomic E-state index is 8.66. The lowest BCUT2D eigenvalue weighted by Gasteiger charge is -2.38. The van der Waals surface area contributed by atoms with E-state index in [0.29, 0.717) is 0 Å². The first kappa shape index (κ1) is 158. The van der Waals surface area contributed by atoms with E-state index in [2.05, 4.69) is 138 Å². The van der Waals surface area contributed by atoms with Crippen molar-refractivity contribution in [1.82, 2.24) is 0 Å². The molecular formula is C130H281N5O8P2. The predicted octanol–water partition coefficient (Wildman–Crippen LogP) is 39.5. The molecule has 0 aliphatic carbocycles. The summed E-state index contributed by atoms with van der Waals surface area (Å²) in [5.74, 6) is 0. The zero-order valence-corrected chi connectivity index (χ0v) is 106. The Morgan fingerprint density at radius 2 is 0.172 bits per heavy atom. The number of nitrogens with zero attached hydrogens (tertiary/aromatic N) is 5. The van der Waals surface area contributed by atoms with Crippen molar-refractivity contribution in [2.75, 3.05) is 131 Å². The summed E-state index contributed by atoms with van der Waals surface area (Å²) in [6.45, 7) is 75.7. The summed E-state index contributed by atoms with van der Waals surface area (Å²) in [7, 11) is -10.5. The molecule has 0 radical (unpaired) electrons. The van der Waals surface area contributed by atoms with Crippen molar-refractivity contribution < 1.29 is 60.9 Å². The Balaban J connectivity index is -0.000000320. The van der Waals surface area contributed by atoms with Crippen molar-refractivity contribution in [3.63, 3.8) is 0 Å². The van der Waals surface area contributed by atoms with Crippen LogP contribution in [-0.4, -0.2) is 158 Å². The summed E-state index contributed by atoms with van der Waals surface area (Å²) in [5.41, 5.74) is 0. The molecule has 0 aromatic rings. The molecule has 0 atom stereocenters. The molecule has 0 aliphatic heterocycles. The zero-order chi connectivity index (χ0) is 109. The van der Waals surface area contributed by atoms with Crippen LogP contribution in [0.4, 0.5) is 0 Å². The molecule has 884 valence electrons. The van der Waals surface area contributed by atoms with Gasteiger partial charge in [-0.05, 0) is 227 Å². The van der Waals surface area contributed by atoms with Crippen molar-refractivity contribution in [1.29, 1.82) is 0 Å². The number of hydrogen-bond donors (Lipinski definition) is 1. The van der Waals surface area contributed by atoms with E-state index in [1.807, 2.05) is 0 Å². The third-order valence-electron chi connectivity index (χ3n) is 33.1. The molecule has 0 rings (SSSR count). The lowest BCUT2D eigenvalue weighted by atomic mass is 10.1. The van der Waals surface area contributed by atoms with E-state index in [9.17, 15) is 0 Å². The Morgan fingerprint density at radius 1 is 0.124 bits per heavy atom. The van der Waals surface area contributed by atoms with Crippen LogP contribution in [-0.2, 0) is 9.13 Å². The predicted molar refractivity (Wildman–Crippen MR) is 645 cm³/mol. The van der Waals surface area contributed by atoms with Crippen molar-refractivity contribution in [3.8, 4) is 0 Å². The van der Waals surface area contributed by atoms with Crippen LogP contribution in [0.15, 0.2) is 0 Å². The maximum Gasteiger partial charge on any atom is 0.0786 e. The minimum absolute atomic E-state index is 1.36. The zero-order valence-electron chi connectivity index (χ0n) is 104. The average molecular weight is 2100 g/mol. The van der Waals surface area contributed by atoms with Gasteiger partial charge >= 0.3 is 0 Å². The molecule has 15 heteroatoms. The van der Waals surface area contributed by atoms with Crippen LogP contribution in [0.25, 0.3) is 0 Å². The summed E-state index contributed by atoms with van der Waals surface area (Å²) in [4.78, 5) is 49.9. The molecule has 0 saturated heterocycles. The summed E-state index contributed by atoms with van der Waals surface area (Å²) in [6.07, 6.45) is 130. The van der Waals surface area contributed by atoms with Gasteiger partial charge in [0, 0.05) is 0 Å². The number of unbranched alkanes of at least 4 members (excludes halogenated alkanes) is 75. The van der Waals surface area contributed by atoms with Gasteiger partial charge in [-0.2, -0.15) is 7.82 Å². The average Bonchev–Trinajstić information content (AvgIpc) is 0.899. The molecule has 0 amide bonds. The van der Waals surface area contributed by atoms with E-state index in [4.69, 9.17) is 38.5 Å². The van der Waals surface area contributed by atoms with Crippen LogP contribution in [0, 0.1) is 0 Å². The molecule has 0 saturated carbocycles. The molecular weight excluding hydrogens is 1820 g/mol. The highest BCUT2D eigenvalue weighted by Gasteiger charge is 2.29. The van der Waals surface area contributed by atoms with Gasteiger partial charge in [-0.1, -0.05) is 489 Å². The largest absolute Gasteiger partial charge is 0.822 e. The molecule has 0 unspecified atom stereocenters. The van der Waals surface area contributed by atoms with Gasteiger partial charge in [0.2, 0.25) is 0 Å². The van der Waals surface area contributed by atoms with E-state index in [1.54, 1.807) is 0 Å². The third-order valence-corrected chi connectivity index (χ3v) is 33.1. The Bertz CT molecular complexity index is 1830. The normalized spacial score (nSPS) is 12.0. The van der Waals surface area contributed by atoms with Crippen LogP contribution in [0.2, 0.25) is 0 Å². The number of hydrogen-bond acceptors (Lipinski definition) is 7. The van der Waals surface area contributed by atoms with E-state index in [1.165, 1.54) is 731 Å². The van der Waals surface area contributed by atoms with Crippen molar-refractivity contribution in [3.05, 3.63) is 0 Å². The second-order valence-corrected chi connectivity index (χ2v) is 48.4. The van der Waals surface area contributed by atoms with Crippen molar-refractivity contribution in [2.45, 2.75) is 716 Å². The third kappa shape index (κ3) is 129. The fourth-order valence-corrected chi connectivity index (χ4v) is 22.5. The minimum atomic E-state index is -5.39. The first-order valence-electron chi connectivity index (χ1n) is 66.9. The van der Waals surface area contributed by atoms with Gasteiger partial charge in [-0.25, -0.2) is 0 Å². The van der Waals surface area contributed by atoms with Gasteiger partial charge < -0.3 is 60.9 Å². The van der Waals surface area contributed by atoms with Crippen LogP contribution in [0.3, 0.4) is 0 Å². The topological polar surface area (TPSA) is 170 Å². The van der Waals surface area contributed by atoms with Crippen LogP contribution in [0.5, 0.6) is 0 Å². The molecule has 0 aromatic carbocycles. The highest BCUT2D eigenvalue weighted by atomic mass is 31.2. The molecule has 145 heavy (non-hydrogen) atoms. The second-order valence-electron chi connectivity index (χ2n) is 46.6. The number of phosphoric acid groups is 2. The molecule has 0 heterocycles. The maximum absolute atomic E-state index is 8.66. The number of rotatable bonds is 110. The van der Waals surface area contributed by atoms with Crippen molar-refractivity contribution in [2.24, 2.45) is 0 Å². The summed E-state index contributed by atoms with van der Waals surface area (Å²) < 4.78 is 24.3. The molecule has 0 spiro atoms. The van der Waals surface area contributed by atoms with Gasteiger partial charge in [0.15, 0.2) is 0 Å². The molecule has 0 aromatic heterocycles. The van der Waals surface area contributed by atoms with E-state index < -0.39 is 15.6 Å². The molecule has 0 fully saturated rings. The fourth-order valence-electron chi connectivity index (χ4n) is 22.5. The van der Waals surface area contributed by atoms with Crippen LogP contribution < -0.4 is 24.5 Å². The summed E-state index contributed by atoms with van der Waals surface area (Å²) >= 11 is 0. The standard InChI is InChI=1S/5C26H56N.2H3O4P/c5*1-5-9-12-15-18-21-24-27(8-4,25-22-19-16-13-10-6-2)26-23-20-17-14-11-7-3;2*1-5(2,3)4/h5*5-26H2,1-4H3;2*(H3,1,2,3,4)/q5*+1;;/p-5. The van der Waals surface area contributed by atoms with E-state index >= 15 is 0 Å². The Morgan fingerprint density at radius 3 is 0.221 bits per heavy atom. The fraction of sp³-hybridized carbons (Fsp3) is 1.00. The minimum Gasteiger partial charge on any atom is -0.822 e. The van der Waals surface area contributed by atoms with Crippen LogP contribution >= 0.6 is 15.6 Å². The first-order valence-corrected chi connectivity index (χ1v) is 69.9. The van der Waals surface area contributed by atoms with Crippen molar-refractivity contribution >= 4 is 15.6 Å². The quantitative estimate of drug-likeness (QED) is 0.0356. The number of quaternary nitrogens is 5. The Hall–Kier alpha value is 0.0200. The van der Waals surface area contributed by atoms with Gasteiger partial charge in [-0.15, -0.1) is 0 Å². The second kappa shape index (κ2) is 127. The molecule has 0 aliphatic rings. The lowest BCUT2D eigenvalue weighted by molar-refractivity contribution is -0.927. The monoisotopic (exact) mass is 2100 g/mol. The molecule has 0 bridgehead atoms. The molecule has 13 nitrogen and oxygen atoms in total. The smallest absolute Gasteiger partial charge is 0.0786 e. The summed E-state index contributed by atoms with van der Waals surface area (Å²) in [5, 5.41) is 0. The highest BCUT2D eigenvalue weighted by molar-refractivity contribution is 7.42. The van der Waals surface area contributed by atoms with Crippen LogP contribution in [0.1, 0.15) is 716 Å². The van der Waals surface area contributed by atoms with Gasteiger partial charge in [-0.3, -0.25) is 0 Å². The van der Waals surface area contributed by atoms with Gasteiger partial charge in [0.25, 0.3) is 0 Å². The van der Waals surface area contributed by atoms with Gasteiger partial charge in [0.05, 0.1) is 139 Å². The SMILES string of the molecule is CCCCCCCC[N+](CC)(CCCCCCCC)CCCCCCCC.CCCCCCCC[N+](CC)(CCCCCCCC)CCCCCCCC.CCCCCCCC[N+](CC)(CCCCCCCC)CCCCCCCC.CCCCCCCC[N+](CC)(CCCCCCCC)CCCCCCCC.CCCCCCCC[N+](CC)(CCCCCCCC)CCCCCCCC.O=P([O-])([O-])O.O=P([O-])([O-])[O-]. The Kier molecular flexibility index (Phi) is 139. The summed E-state index contributed by atoms with van der Waals surface area (Å²) in [6, 6.07) is 0. The van der Waals surface area contributed by atoms with E-state index in [0.717, 1.165) is 0 Å². The Labute approximate surface area is 918 Å². The highest BCUT2D eigenvalue weighted by Crippen LogP contribution is 2.27. The van der Waals surface area contributed by atoms with E-state index in [-0.39, 0.29) is 0 Å². The lowest BCUT2D eigenvalue weighted by Crippen LogP contribution is -2.50. The molecule has 1 N–H and O–H groups in total. The van der Waals surface area contributed by atoms with Gasteiger partial charge in [0.1, 0.15) is 0 Å².